The largest absolute Gasteiger partial charge is 0.465 e. The van der Waals surface area contributed by atoms with E-state index >= 15 is 0 Å². The van der Waals surface area contributed by atoms with E-state index in [2.05, 4.69) is 15.4 Å². The first-order chi connectivity index (χ1) is 8.20. The summed E-state index contributed by atoms with van der Waals surface area (Å²) in [5.41, 5.74) is 2.08. The van der Waals surface area contributed by atoms with Crippen LogP contribution in [0.15, 0.2) is 18.2 Å². The molecule has 5 heteroatoms. The molecule has 100 valence electrons. The van der Waals surface area contributed by atoms with E-state index in [1.165, 1.54) is 7.11 Å². The lowest BCUT2D eigenvalue weighted by Crippen LogP contribution is -2.33. The third-order valence-electron chi connectivity index (χ3n) is 2.21. The van der Waals surface area contributed by atoms with Gasteiger partial charge >= 0.3 is 12.0 Å². The minimum atomic E-state index is -0.380. The molecule has 0 bridgehead atoms. The Labute approximate surface area is 108 Å². The van der Waals surface area contributed by atoms with Crippen LogP contribution in [-0.2, 0) is 11.3 Å². The number of ether oxygens (including phenoxy) is 1. The van der Waals surface area contributed by atoms with Gasteiger partial charge in [-0.2, -0.15) is 0 Å². The smallest absolute Gasteiger partial charge is 0.337 e. The fraction of sp³-hybridized carbons (Fsp3) is 0.385. The molecule has 18 heavy (non-hydrogen) atoms. The molecule has 0 atom stereocenters. The molecule has 2 rings (SSSR count). The topological polar surface area (TPSA) is 67.4 Å². The lowest BCUT2D eigenvalue weighted by Gasteiger charge is -2.18. The average molecular weight is 252 g/mol. The minimum Gasteiger partial charge on any atom is -0.465 e. The summed E-state index contributed by atoms with van der Waals surface area (Å²) in [5, 5.41) is 5.26. The first kappa shape index (κ1) is 16.0. The van der Waals surface area contributed by atoms with Crippen molar-refractivity contribution in [3.8, 4) is 0 Å². The number of urea groups is 1. The van der Waals surface area contributed by atoms with E-state index in [-0.39, 0.29) is 19.4 Å². The Hall–Kier alpha value is -2.04. The van der Waals surface area contributed by atoms with Crippen molar-refractivity contribution in [2.75, 3.05) is 12.4 Å². The van der Waals surface area contributed by atoms with Crippen LogP contribution in [0, 0.1) is 0 Å². The SMILES string of the molecule is C.CC.COC(=O)c1ccc2c(c1)CNC(=O)N2. The van der Waals surface area contributed by atoms with Crippen LogP contribution in [0.4, 0.5) is 10.5 Å². The number of hydrogen-bond donors (Lipinski definition) is 2. The highest BCUT2D eigenvalue weighted by molar-refractivity contribution is 5.95. The fourth-order valence-corrected chi connectivity index (χ4v) is 1.45. The minimum absolute atomic E-state index is 0. The zero-order chi connectivity index (χ0) is 12.8. The number of nitrogens with one attached hydrogen (secondary N) is 2. The molecule has 0 unspecified atom stereocenters. The van der Waals surface area contributed by atoms with E-state index in [9.17, 15) is 9.59 Å². The summed E-state index contributed by atoms with van der Waals surface area (Å²) in [6.45, 7) is 4.42. The molecule has 0 aliphatic carbocycles. The van der Waals surface area contributed by atoms with Crippen molar-refractivity contribution in [3.63, 3.8) is 0 Å². The van der Waals surface area contributed by atoms with Gasteiger partial charge in [-0.1, -0.05) is 21.3 Å². The number of methoxy groups -OCH3 is 1. The highest BCUT2D eigenvalue weighted by Gasteiger charge is 2.15. The first-order valence-electron chi connectivity index (χ1n) is 5.47. The molecule has 0 radical (unpaired) electrons. The lowest BCUT2D eigenvalue weighted by atomic mass is 10.1. The van der Waals surface area contributed by atoms with Crippen LogP contribution in [0.1, 0.15) is 37.2 Å². The number of carbonyl (C=O) groups excluding carboxylic acids is 2. The monoisotopic (exact) mass is 252 g/mol. The van der Waals surface area contributed by atoms with Crippen molar-refractivity contribution in [2.45, 2.75) is 27.8 Å². The fourth-order valence-electron chi connectivity index (χ4n) is 1.45. The van der Waals surface area contributed by atoms with Crippen LogP contribution in [0.5, 0.6) is 0 Å². The molecular formula is C13H20N2O3. The van der Waals surface area contributed by atoms with Gasteiger partial charge in [0.15, 0.2) is 0 Å². The van der Waals surface area contributed by atoms with Crippen LogP contribution in [-0.4, -0.2) is 19.1 Å². The number of carbonyl (C=O) groups is 2. The number of rotatable bonds is 1. The third kappa shape index (κ3) is 3.48. The summed E-state index contributed by atoms with van der Waals surface area (Å²) in [6, 6.07) is 4.79. The Kier molecular flexibility index (Phi) is 6.49. The summed E-state index contributed by atoms with van der Waals surface area (Å²) in [7, 11) is 1.34. The van der Waals surface area contributed by atoms with Crippen molar-refractivity contribution < 1.29 is 14.3 Å². The van der Waals surface area contributed by atoms with E-state index in [0.717, 1.165) is 11.3 Å². The van der Waals surface area contributed by atoms with Crippen molar-refractivity contribution in [3.05, 3.63) is 29.3 Å². The van der Waals surface area contributed by atoms with Crippen LogP contribution in [0.3, 0.4) is 0 Å². The number of amides is 2. The molecule has 1 aliphatic rings. The zero-order valence-corrected chi connectivity index (χ0v) is 10.2. The van der Waals surface area contributed by atoms with E-state index < -0.39 is 0 Å². The van der Waals surface area contributed by atoms with Gasteiger partial charge in [-0.05, 0) is 23.8 Å². The summed E-state index contributed by atoms with van der Waals surface area (Å²) in [4.78, 5) is 22.2. The molecule has 2 N–H and O–H groups in total. The van der Waals surface area contributed by atoms with Gasteiger partial charge in [0.1, 0.15) is 0 Å². The number of hydrogen-bond acceptors (Lipinski definition) is 3. The Morgan fingerprint density at radius 3 is 2.61 bits per heavy atom. The van der Waals surface area contributed by atoms with Gasteiger partial charge in [0, 0.05) is 12.2 Å². The van der Waals surface area contributed by atoms with Gasteiger partial charge in [-0.3, -0.25) is 0 Å². The van der Waals surface area contributed by atoms with E-state index in [1.807, 2.05) is 13.8 Å². The van der Waals surface area contributed by atoms with Gasteiger partial charge in [0.2, 0.25) is 0 Å². The second-order valence-electron chi connectivity index (χ2n) is 3.17. The maximum absolute atomic E-state index is 11.2. The number of esters is 1. The normalized spacial score (nSPS) is 11.6. The second-order valence-corrected chi connectivity index (χ2v) is 3.17. The standard InChI is InChI=1S/C10H10N2O3.C2H6.CH4/c1-15-9(13)6-2-3-8-7(4-6)5-11-10(14)12-8;1-2;/h2-4H,5H2,1H3,(H2,11,12,14);1-2H3;1H4. The van der Waals surface area contributed by atoms with Gasteiger partial charge in [-0.15, -0.1) is 0 Å². The Balaban J connectivity index is 0.000000917. The summed E-state index contributed by atoms with van der Waals surface area (Å²) >= 11 is 0. The lowest BCUT2D eigenvalue weighted by molar-refractivity contribution is 0.0600. The number of anilines is 1. The molecule has 0 saturated carbocycles. The van der Waals surface area contributed by atoms with Crippen molar-refractivity contribution in [1.82, 2.24) is 5.32 Å². The molecule has 0 aromatic heterocycles. The highest BCUT2D eigenvalue weighted by Crippen LogP contribution is 2.20. The molecule has 0 spiro atoms. The Morgan fingerprint density at radius 1 is 1.33 bits per heavy atom. The maximum Gasteiger partial charge on any atom is 0.337 e. The molecule has 5 nitrogen and oxygen atoms in total. The molecular weight excluding hydrogens is 232 g/mol. The van der Waals surface area contributed by atoms with Gasteiger partial charge in [0.05, 0.1) is 12.7 Å². The molecule has 2 amide bonds. The first-order valence-corrected chi connectivity index (χ1v) is 5.47. The molecule has 0 saturated heterocycles. The molecule has 1 heterocycles. The molecule has 1 aromatic rings. The van der Waals surface area contributed by atoms with Crippen molar-refractivity contribution in [2.24, 2.45) is 0 Å². The zero-order valence-electron chi connectivity index (χ0n) is 10.2. The summed E-state index contributed by atoms with van der Waals surface area (Å²) < 4.78 is 4.60. The Bertz CT molecular complexity index is 430. The molecule has 0 fully saturated rings. The quantitative estimate of drug-likeness (QED) is 0.755. The van der Waals surface area contributed by atoms with E-state index in [0.29, 0.717) is 12.1 Å². The molecule has 1 aromatic carbocycles. The van der Waals surface area contributed by atoms with Crippen LogP contribution in [0.2, 0.25) is 0 Å². The van der Waals surface area contributed by atoms with Crippen molar-refractivity contribution >= 4 is 17.7 Å². The van der Waals surface area contributed by atoms with Gasteiger partial charge in [0.25, 0.3) is 0 Å². The Morgan fingerprint density at radius 2 is 2.00 bits per heavy atom. The van der Waals surface area contributed by atoms with Crippen LogP contribution < -0.4 is 10.6 Å². The predicted octanol–water partition coefficient (Wildman–Crippen LogP) is 2.77. The van der Waals surface area contributed by atoms with Crippen LogP contribution >= 0.6 is 0 Å². The van der Waals surface area contributed by atoms with Gasteiger partial charge in [-0.25, -0.2) is 9.59 Å². The summed E-state index contributed by atoms with van der Waals surface area (Å²) in [5.74, 6) is -0.380. The van der Waals surface area contributed by atoms with Crippen molar-refractivity contribution in [1.29, 1.82) is 0 Å². The third-order valence-corrected chi connectivity index (χ3v) is 2.21. The summed E-state index contributed by atoms with van der Waals surface area (Å²) in [6.07, 6.45) is 0. The molecule has 1 aliphatic heterocycles. The number of benzene rings is 1. The highest BCUT2D eigenvalue weighted by atomic mass is 16.5. The number of fused-ring (bicyclic) bond motifs is 1. The van der Waals surface area contributed by atoms with Gasteiger partial charge < -0.3 is 15.4 Å². The second kappa shape index (κ2) is 7.32. The van der Waals surface area contributed by atoms with E-state index in [4.69, 9.17) is 0 Å². The predicted molar refractivity (Wildman–Crippen MR) is 71.7 cm³/mol. The maximum atomic E-state index is 11.2. The van der Waals surface area contributed by atoms with Crippen LogP contribution in [0.25, 0.3) is 0 Å². The van der Waals surface area contributed by atoms with E-state index in [1.54, 1.807) is 18.2 Å². The average Bonchev–Trinajstić information content (AvgIpc) is 2.39.